The van der Waals surface area contributed by atoms with E-state index in [2.05, 4.69) is 43.0 Å². The van der Waals surface area contributed by atoms with E-state index < -0.39 is 8.11 Å². The van der Waals surface area contributed by atoms with Crippen LogP contribution in [-0.2, 0) is 0 Å². The highest BCUT2D eigenvalue weighted by Gasteiger charge is 2.00. The van der Waals surface area contributed by atoms with Crippen molar-refractivity contribution in [3.05, 3.63) is 41.6 Å². The minimum atomic E-state index is -1.10. The molecule has 14 heavy (non-hydrogen) atoms. The van der Waals surface area contributed by atoms with Crippen LogP contribution in [0.25, 0.3) is 6.08 Å². The largest absolute Gasteiger partial charge is 0.166 e. The molecule has 0 aliphatic rings. The van der Waals surface area contributed by atoms with Gasteiger partial charge >= 0.3 is 0 Å². The van der Waals surface area contributed by atoms with Crippen molar-refractivity contribution in [1.29, 1.82) is 0 Å². The monoisotopic (exact) mass is 224 g/mol. The number of hydrogen-bond donors (Lipinski definition) is 0. The van der Waals surface area contributed by atoms with Crippen LogP contribution < -0.4 is 0 Å². The van der Waals surface area contributed by atoms with E-state index in [1.165, 1.54) is 24.4 Å². The summed E-state index contributed by atoms with van der Waals surface area (Å²) in [5.74, 6) is 0. The van der Waals surface area contributed by atoms with Crippen LogP contribution in [0.3, 0.4) is 0 Å². The lowest BCUT2D eigenvalue weighted by molar-refractivity contribution is 0.879. The van der Waals surface area contributed by atoms with Gasteiger partial charge in [0.25, 0.3) is 0 Å². The Morgan fingerprint density at radius 2 is 2.00 bits per heavy atom. The Labute approximate surface area is 92.9 Å². The first-order chi connectivity index (χ1) is 6.83. The molecule has 0 bridgehead atoms. The second kappa shape index (κ2) is 6.85. The molecule has 1 rings (SSSR count). The molecule has 2 heteroatoms. The van der Waals surface area contributed by atoms with E-state index in [0.717, 1.165) is 0 Å². The zero-order valence-electron chi connectivity index (χ0n) is 8.62. The zero-order valence-corrected chi connectivity index (χ0v) is 10.5. The number of rotatable bonds is 5. The van der Waals surface area contributed by atoms with Gasteiger partial charge in [0.2, 0.25) is 0 Å². The van der Waals surface area contributed by atoms with E-state index >= 15 is 0 Å². The Balaban J connectivity index is 2.39. The molecule has 0 heterocycles. The molecule has 0 nitrogen and oxygen atoms in total. The maximum atomic E-state index is 6.26. The van der Waals surface area contributed by atoms with Gasteiger partial charge in [-0.3, -0.25) is 0 Å². The van der Waals surface area contributed by atoms with Crippen LogP contribution >= 0.6 is 11.1 Å². The number of hydrogen-bond acceptors (Lipinski definition) is 0. The van der Waals surface area contributed by atoms with E-state index in [-0.39, 0.29) is 0 Å². The Kier molecular flexibility index (Phi) is 5.65. The molecule has 0 saturated carbocycles. The predicted molar refractivity (Wildman–Crippen MR) is 68.2 cm³/mol. The molecule has 0 aromatic heterocycles. The molecule has 0 saturated heterocycles. The molecule has 0 aliphatic heterocycles. The lowest BCUT2D eigenvalue weighted by Crippen LogP contribution is -1.97. The second-order valence-electron chi connectivity index (χ2n) is 3.43. The van der Waals surface area contributed by atoms with Crippen LogP contribution in [0.1, 0.15) is 25.3 Å². The number of benzene rings is 1. The summed E-state index contributed by atoms with van der Waals surface area (Å²) in [7, 11) is -1.10. The highest BCUT2D eigenvalue weighted by molar-refractivity contribution is 7.10. The van der Waals surface area contributed by atoms with Crippen LogP contribution in [0.15, 0.2) is 36.0 Å². The SMILES string of the molecule is CCCC[SiH](Cl)C=Cc1ccccc1. The molecular formula is C12H17ClSi. The molecule has 0 spiro atoms. The van der Waals surface area contributed by atoms with Gasteiger partial charge in [0, 0.05) is 0 Å². The van der Waals surface area contributed by atoms with Gasteiger partial charge in [-0.15, -0.1) is 0 Å². The molecule has 1 atom stereocenters. The predicted octanol–water partition coefficient (Wildman–Crippen LogP) is 4.00. The fourth-order valence-corrected chi connectivity index (χ4v) is 3.38. The van der Waals surface area contributed by atoms with E-state index in [4.69, 9.17) is 11.1 Å². The minimum absolute atomic E-state index is 1.10. The van der Waals surface area contributed by atoms with Gasteiger partial charge in [-0.25, -0.2) is 0 Å². The summed E-state index contributed by atoms with van der Waals surface area (Å²) in [6.07, 6.45) is 4.66. The summed E-state index contributed by atoms with van der Waals surface area (Å²) in [5, 5.41) is 0. The lowest BCUT2D eigenvalue weighted by Gasteiger charge is -1.99. The molecule has 1 aromatic carbocycles. The Hall–Kier alpha value is -0.533. The molecule has 0 radical (unpaired) electrons. The van der Waals surface area contributed by atoms with E-state index in [0.29, 0.717) is 0 Å². The summed E-state index contributed by atoms with van der Waals surface area (Å²) in [5.41, 5.74) is 3.47. The van der Waals surface area contributed by atoms with Crippen molar-refractivity contribution in [3.63, 3.8) is 0 Å². The first-order valence-corrected chi connectivity index (χ1v) is 8.43. The Morgan fingerprint density at radius 3 is 2.64 bits per heavy atom. The van der Waals surface area contributed by atoms with Crippen molar-refractivity contribution >= 4 is 25.3 Å². The summed E-state index contributed by atoms with van der Waals surface area (Å²) in [6.45, 7) is 2.21. The normalized spacial score (nSPS) is 13.3. The first kappa shape index (κ1) is 11.5. The minimum Gasteiger partial charge on any atom is -0.166 e. The van der Waals surface area contributed by atoms with Gasteiger partial charge in [0.1, 0.15) is 0 Å². The molecule has 0 fully saturated rings. The van der Waals surface area contributed by atoms with Crippen molar-refractivity contribution in [3.8, 4) is 0 Å². The molecule has 1 aromatic rings. The summed E-state index contributed by atoms with van der Waals surface area (Å²) < 4.78 is 0. The van der Waals surface area contributed by atoms with Crippen LogP contribution in [-0.4, -0.2) is 8.11 Å². The topological polar surface area (TPSA) is 0 Å². The fourth-order valence-electron chi connectivity index (χ4n) is 1.28. The smallest absolute Gasteiger partial charge is 0.164 e. The van der Waals surface area contributed by atoms with Gasteiger partial charge in [-0.1, -0.05) is 61.9 Å². The third-order valence-corrected chi connectivity index (χ3v) is 4.79. The van der Waals surface area contributed by atoms with Crippen LogP contribution in [0.2, 0.25) is 6.04 Å². The van der Waals surface area contributed by atoms with Gasteiger partial charge in [0.15, 0.2) is 8.11 Å². The highest BCUT2D eigenvalue weighted by Crippen LogP contribution is 2.09. The quantitative estimate of drug-likeness (QED) is 0.524. The van der Waals surface area contributed by atoms with Crippen molar-refractivity contribution < 1.29 is 0 Å². The third-order valence-electron chi connectivity index (χ3n) is 2.13. The van der Waals surface area contributed by atoms with Gasteiger partial charge < -0.3 is 0 Å². The Bertz CT molecular complexity index is 269. The molecule has 0 N–H and O–H groups in total. The standard InChI is InChI=1S/C12H17ClSi/c1-2-3-10-14(13)11-9-12-7-5-4-6-8-12/h4-9,11,14H,2-3,10H2,1H3. The van der Waals surface area contributed by atoms with E-state index in [1.807, 2.05) is 6.07 Å². The second-order valence-corrected chi connectivity index (χ2v) is 7.10. The van der Waals surface area contributed by atoms with Gasteiger partial charge in [0.05, 0.1) is 0 Å². The number of halogens is 1. The lowest BCUT2D eigenvalue weighted by atomic mass is 10.2. The summed E-state index contributed by atoms with van der Waals surface area (Å²) in [6, 6.07) is 11.6. The maximum Gasteiger partial charge on any atom is 0.164 e. The maximum absolute atomic E-state index is 6.26. The summed E-state index contributed by atoms with van der Waals surface area (Å²) in [4.78, 5) is 0. The van der Waals surface area contributed by atoms with E-state index in [9.17, 15) is 0 Å². The van der Waals surface area contributed by atoms with Crippen molar-refractivity contribution in [2.75, 3.05) is 0 Å². The van der Waals surface area contributed by atoms with E-state index in [1.54, 1.807) is 0 Å². The first-order valence-electron chi connectivity index (χ1n) is 5.20. The fraction of sp³-hybridized carbons (Fsp3) is 0.333. The van der Waals surface area contributed by atoms with Crippen molar-refractivity contribution in [2.45, 2.75) is 25.8 Å². The zero-order chi connectivity index (χ0) is 10.2. The highest BCUT2D eigenvalue weighted by atomic mass is 35.6. The average molecular weight is 225 g/mol. The molecule has 76 valence electrons. The average Bonchev–Trinajstić information content (AvgIpc) is 2.25. The third kappa shape index (κ3) is 4.63. The molecular weight excluding hydrogens is 208 g/mol. The molecule has 0 aliphatic carbocycles. The van der Waals surface area contributed by atoms with Gasteiger partial charge in [-0.2, -0.15) is 11.1 Å². The number of unbranched alkanes of at least 4 members (excludes halogenated alkanes) is 1. The van der Waals surface area contributed by atoms with Crippen molar-refractivity contribution in [1.82, 2.24) is 0 Å². The van der Waals surface area contributed by atoms with Crippen molar-refractivity contribution in [2.24, 2.45) is 0 Å². The van der Waals surface area contributed by atoms with Gasteiger partial charge in [-0.05, 0) is 11.6 Å². The molecule has 1 unspecified atom stereocenters. The van der Waals surface area contributed by atoms with Crippen LogP contribution in [0.4, 0.5) is 0 Å². The molecule has 0 amide bonds. The Morgan fingerprint density at radius 1 is 1.29 bits per heavy atom. The van der Waals surface area contributed by atoms with Crippen LogP contribution in [0, 0.1) is 0 Å². The van der Waals surface area contributed by atoms with Crippen LogP contribution in [0.5, 0.6) is 0 Å². The summed E-state index contributed by atoms with van der Waals surface area (Å²) >= 11 is 6.26.